The van der Waals surface area contributed by atoms with Gasteiger partial charge in [-0.2, -0.15) is 0 Å². The Balaban J connectivity index is 1.42. The van der Waals surface area contributed by atoms with Crippen molar-refractivity contribution in [2.24, 2.45) is 5.92 Å². The first-order valence-electron chi connectivity index (χ1n) is 11.3. The van der Waals surface area contributed by atoms with Crippen molar-refractivity contribution in [1.82, 2.24) is 15.0 Å². The zero-order chi connectivity index (χ0) is 24.3. The van der Waals surface area contributed by atoms with Crippen molar-refractivity contribution >= 4 is 23.3 Å². The summed E-state index contributed by atoms with van der Waals surface area (Å²) in [6, 6.07) is 9.35. The fourth-order valence-corrected chi connectivity index (χ4v) is 3.90. The van der Waals surface area contributed by atoms with Gasteiger partial charge in [-0.3, -0.25) is 9.59 Å². The van der Waals surface area contributed by atoms with Crippen molar-refractivity contribution < 1.29 is 14.3 Å². The van der Waals surface area contributed by atoms with Crippen LogP contribution in [0.1, 0.15) is 51.1 Å². The number of anilines is 2. The molecule has 34 heavy (non-hydrogen) atoms. The second-order valence-electron chi connectivity index (χ2n) is 9.56. The Morgan fingerprint density at radius 2 is 1.71 bits per heavy atom. The smallest absolute Gasteiger partial charge is 0.227 e. The van der Waals surface area contributed by atoms with Gasteiger partial charge in [-0.25, -0.2) is 15.0 Å². The van der Waals surface area contributed by atoms with Crippen LogP contribution in [0.2, 0.25) is 0 Å². The van der Waals surface area contributed by atoms with Crippen molar-refractivity contribution in [3.8, 4) is 11.5 Å². The van der Waals surface area contributed by atoms with Crippen LogP contribution in [0, 0.1) is 5.92 Å². The standard InChI is InChI=1S/C26H29N5O3/c1-16(32)30-23-13-22(9-10-27-23)34-21-8-7-17-5-6-18(11-19(17)12-21)24(33)31-20-14-28-25(29-15-20)26(2,3)4/h7-10,12-15,18H,5-6,11H2,1-4H3,(H,31,33)(H,27,30,32). The highest BCUT2D eigenvalue weighted by molar-refractivity contribution is 5.92. The summed E-state index contributed by atoms with van der Waals surface area (Å²) in [4.78, 5) is 37.1. The molecule has 0 spiro atoms. The van der Waals surface area contributed by atoms with E-state index in [2.05, 4.69) is 46.4 Å². The first kappa shape index (κ1) is 23.4. The number of fused-ring (bicyclic) bond motifs is 1. The maximum atomic E-state index is 12.9. The van der Waals surface area contributed by atoms with Crippen molar-refractivity contribution in [2.75, 3.05) is 10.6 Å². The van der Waals surface area contributed by atoms with Crippen LogP contribution < -0.4 is 15.4 Å². The molecule has 0 saturated heterocycles. The number of carbonyl (C=O) groups is 2. The minimum absolute atomic E-state index is 0.0295. The monoisotopic (exact) mass is 459 g/mol. The van der Waals surface area contributed by atoms with Gasteiger partial charge in [0.05, 0.1) is 18.1 Å². The summed E-state index contributed by atoms with van der Waals surface area (Å²) >= 11 is 0. The fraction of sp³-hybridized carbons (Fsp3) is 0.346. The summed E-state index contributed by atoms with van der Waals surface area (Å²) in [6.45, 7) is 7.58. The first-order chi connectivity index (χ1) is 16.2. The van der Waals surface area contributed by atoms with Crippen LogP contribution in [0.5, 0.6) is 11.5 Å². The molecule has 0 saturated carbocycles. The molecule has 0 bridgehead atoms. The minimum Gasteiger partial charge on any atom is -0.457 e. The number of rotatable bonds is 5. The van der Waals surface area contributed by atoms with Gasteiger partial charge in [0.1, 0.15) is 23.1 Å². The van der Waals surface area contributed by atoms with Crippen LogP contribution in [0.4, 0.5) is 11.5 Å². The first-order valence-corrected chi connectivity index (χ1v) is 11.3. The molecular formula is C26H29N5O3. The van der Waals surface area contributed by atoms with E-state index >= 15 is 0 Å². The van der Waals surface area contributed by atoms with Crippen molar-refractivity contribution in [3.63, 3.8) is 0 Å². The summed E-state index contributed by atoms with van der Waals surface area (Å²) in [6.07, 6.45) is 7.15. The SMILES string of the molecule is CC(=O)Nc1cc(Oc2ccc3c(c2)CC(C(=O)Nc2cnc(C(C)(C)C)nc2)CC3)ccn1. The number of hydrogen-bond donors (Lipinski definition) is 2. The quantitative estimate of drug-likeness (QED) is 0.575. The average molecular weight is 460 g/mol. The van der Waals surface area contributed by atoms with Crippen LogP contribution in [0.3, 0.4) is 0 Å². The number of aromatic nitrogens is 3. The Bertz CT molecular complexity index is 1200. The summed E-state index contributed by atoms with van der Waals surface area (Å²) < 4.78 is 5.99. The summed E-state index contributed by atoms with van der Waals surface area (Å²) in [7, 11) is 0. The normalized spacial score (nSPS) is 15.2. The molecule has 1 aromatic carbocycles. The van der Waals surface area contributed by atoms with E-state index in [1.807, 2.05) is 18.2 Å². The molecule has 2 heterocycles. The molecule has 1 aliphatic rings. The van der Waals surface area contributed by atoms with Gasteiger partial charge in [0, 0.05) is 30.5 Å². The average Bonchev–Trinajstić information content (AvgIpc) is 2.78. The maximum absolute atomic E-state index is 12.9. The zero-order valence-corrected chi connectivity index (χ0v) is 19.9. The van der Waals surface area contributed by atoms with E-state index < -0.39 is 0 Å². The van der Waals surface area contributed by atoms with Gasteiger partial charge in [0.25, 0.3) is 0 Å². The van der Waals surface area contributed by atoms with Gasteiger partial charge in [0.2, 0.25) is 11.8 Å². The summed E-state index contributed by atoms with van der Waals surface area (Å²) in [5, 5.41) is 5.61. The predicted octanol–water partition coefficient (Wildman–Crippen LogP) is 4.66. The highest BCUT2D eigenvalue weighted by Crippen LogP contribution is 2.31. The fourth-order valence-electron chi connectivity index (χ4n) is 3.90. The molecule has 4 rings (SSSR count). The number of carbonyl (C=O) groups excluding carboxylic acids is 2. The highest BCUT2D eigenvalue weighted by Gasteiger charge is 2.26. The molecule has 1 unspecified atom stereocenters. The third-order valence-electron chi connectivity index (χ3n) is 5.64. The number of nitrogens with one attached hydrogen (secondary N) is 2. The molecule has 8 nitrogen and oxygen atoms in total. The van der Waals surface area contributed by atoms with E-state index in [0.29, 0.717) is 29.4 Å². The number of benzene rings is 1. The number of amides is 2. The number of nitrogens with zero attached hydrogens (tertiary/aromatic N) is 3. The summed E-state index contributed by atoms with van der Waals surface area (Å²) in [5.41, 5.74) is 2.79. The molecule has 176 valence electrons. The summed E-state index contributed by atoms with van der Waals surface area (Å²) in [5.74, 6) is 2.05. The molecule has 1 atom stereocenters. The van der Waals surface area contributed by atoms with E-state index in [1.165, 1.54) is 12.5 Å². The van der Waals surface area contributed by atoms with E-state index in [1.54, 1.807) is 30.7 Å². The van der Waals surface area contributed by atoms with Gasteiger partial charge in [-0.1, -0.05) is 26.8 Å². The third-order valence-corrected chi connectivity index (χ3v) is 5.64. The lowest BCUT2D eigenvalue weighted by Gasteiger charge is -2.24. The molecular weight excluding hydrogens is 430 g/mol. The Morgan fingerprint density at radius 3 is 2.41 bits per heavy atom. The number of aryl methyl sites for hydroxylation is 1. The zero-order valence-electron chi connectivity index (χ0n) is 19.9. The van der Waals surface area contributed by atoms with Crippen LogP contribution in [0.15, 0.2) is 48.9 Å². The molecule has 1 aliphatic carbocycles. The minimum atomic E-state index is -0.195. The van der Waals surface area contributed by atoms with Gasteiger partial charge < -0.3 is 15.4 Å². The number of hydrogen-bond acceptors (Lipinski definition) is 6. The lowest BCUT2D eigenvalue weighted by Crippen LogP contribution is -2.28. The predicted molar refractivity (Wildman–Crippen MR) is 130 cm³/mol. The molecule has 3 aromatic rings. The molecule has 8 heteroatoms. The molecule has 2 aromatic heterocycles. The second kappa shape index (κ2) is 9.59. The highest BCUT2D eigenvalue weighted by atomic mass is 16.5. The molecule has 0 radical (unpaired) electrons. The van der Waals surface area contributed by atoms with Crippen LogP contribution in [0.25, 0.3) is 0 Å². The van der Waals surface area contributed by atoms with Crippen molar-refractivity contribution in [1.29, 1.82) is 0 Å². The second-order valence-corrected chi connectivity index (χ2v) is 9.56. The lowest BCUT2D eigenvalue weighted by atomic mass is 9.83. The van der Waals surface area contributed by atoms with Crippen LogP contribution >= 0.6 is 0 Å². The molecule has 2 N–H and O–H groups in total. The third kappa shape index (κ3) is 5.75. The molecule has 0 fully saturated rings. The van der Waals surface area contributed by atoms with Gasteiger partial charge >= 0.3 is 0 Å². The molecule has 0 aliphatic heterocycles. The van der Waals surface area contributed by atoms with Gasteiger partial charge in [-0.15, -0.1) is 0 Å². The Hall–Kier alpha value is -3.81. The lowest BCUT2D eigenvalue weighted by molar-refractivity contribution is -0.120. The number of pyridine rings is 1. The van der Waals surface area contributed by atoms with Gasteiger partial charge in [-0.05, 0) is 48.6 Å². The molecule has 2 amide bonds. The van der Waals surface area contributed by atoms with E-state index in [9.17, 15) is 9.59 Å². The largest absolute Gasteiger partial charge is 0.457 e. The van der Waals surface area contributed by atoms with Crippen molar-refractivity contribution in [2.45, 2.75) is 52.4 Å². The Kier molecular flexibility index (Phi) is 6.58. The van der Waals surface area contributed by atoms with E-state index in [4.69, 9.17) is 4.74 Å². The van der Waals surface area contributed by atoms with Crippen LogP contribution in [-0.4, -0.2) is 26.8 Å². The maximum Gasteiger partial charge on any atom is 0.227 e. The van der Waals surface area contributed by atoms with Gasteiger partial charge in [0.15, 0.2) is 0 Å². The topological polar surface area (TPSA) is 106 Å². The van der Waals surface area contributed by atoms with Crippen molar-refractivity contribution in [3.05, 3.63) is 65.9 Å². The Labute approximate surface area is 199 Å². The van der Waals surface area contributed by atoms with E-state index in [-0.39, 0.29) is 23.1 Å². The van der Waals surface area contributed by atoms with E-state index in [0.717, 1.165) is 24.2 Å². The number of ether oxygens (including phenoxy) is 1. The Morgan fingerprint density at radius 1 is 0.971 bits per heavy atom. The van der Waals surface area contributed by atoms with Crippen LogP contribution in [-0.2, 0) is 27.8 Å².